The number of hydrogen-bond donors (Lipinski definition) is 2. The molecule has 0 aliphatic heterocycles. The van der Waals surface area contributed by atoms with Gasteiger partial charge in [-0.05, 0) is 84.4 Å². The molecule has 0 saturated carbocycles. The molecule has 0 heterocycles. The van der Waals surface area contributed by atoms with Gasteiger partial charge in [-0.3, -0.25) is 4.79 Å². The summed E-state index contributed by atoms with van der Waals surface area (Å²) in [5, 5.41) is 13.9. The fraction of sp³-hybridized carbons (Fsp3) is 0.556. The monoisotopic (exact) mass is 395 g/mol. The molecule has 6 heteroatoms. The number of oxime groups is 1. The largest absolute Gasteiger partial charge is 0.411 e. The predicted octanol–water partition coefficient (Wildman–Crippen LogP) is 3.83. The Morgan fingerprint density at radius 2 is 2.08 bits per heavy atom. The molecule has 0 fully saturated rings. The second-order valence-electron chi connectivity index (χ2n) is 6.27. The molecule has 0 aromatic heterocycles. The van der Waals surface area contributed by atoms with Crippen molar-refractivity contribution in [2.45, 2.75) is 52.0 Å². The van der Waals surface area contributed by atoms with Crippen LogP contribution in [0.4, 0.5) is 5.69 Å². The molecule has 1 aromatic rings. The number of nitrogens with zero attached hydrogens (tertiary/aromatic N) is 2. The van der Waals surface area contributed by atoms with Crippen LogP contribution in [0.5, 0.6) is 0 Å². The van der Waals surface area contributed by atoms with Crippen LogP contribution < -0.4 is 5.32 Å². The molecule has 1 aliphatic rings. The second kappa shape index (κ2) is 9.18. The van der Waals surface area contributed by atoms with Gasteiger partial charge in [0.25, 0.3) is 5.91 Å². The quantitative estimate of drug-likeness (QED) is 0.418. The van der Waals surface area contributed by atoms with Crippen molar-refractivity contribution in [3.05, 3.63) is 27.7 Å². The molecule has 0 radical (unpaired) electrons. The molecule has 1 aromatic carbocycles. The number of fused-ring (bicyclic) bond motifs is 1. The average molecular weight is 396 g/mol. The molecule has 132 valence electrons. The maximum absolute atomic E-state index is 11.6. The van der Waals surface area contributed by atoms with Crippen molar-refractivity contribution in [1.82, 2.24) is 4.90 Å². The lowest BCUT2D eigenvalue weighted by Crippen LogP contribution is -2.40. The first-order valence-electron chi connectivity index (χ1n) is 8.62. The van der Waals surface area contributed by atoms with Crippen LogP contribution in [0, 0.1) is 0 Å². The molecular weight excluding hydrogens is 370 g/mol. The number of nitrogens with one attached hydrogen (secondary N) is 1. The van der Waals surface area contributed by atoms with Gasteiger partial charge in [0.15, 0.2) is 0 Å². The van der Waals surface area contributed by atoms with E-state index in [0.29, 0.717) is 6.04 Å². The summed E-state index contributed by atoms with van der Waals surface area (Å²) in [6, 6.07) is 4.75. The molecule has 2 N–H and O–H groups in total. The number of rotatable bonds is 7. The van der Waals surface area contributed by atoms with Gasteiger partial charge >= 0.3 is 0 Å². The summed E-state index contributed by atoms with van der Waals surface area (Å²) in [4.78, 5) is 14.2. The molecule has 0 bridgehead atoms. The van der Waals surface area contributed by atoms with Gasteiger partial charge in [0.1, 0.15) is 6.21 Å². The smallest absolute Gasteiger partial charge is 0.270 e. The zero-order chi connectivity index (χ0) is 17.5. The number of halogens is 1. The van der Waals surface area contributed by atoms with Crippen LogP contribution in [0.15, 0.2) is 21.8 Å². The van der Waals surface area contributed by atoms with Gasteiger partial charge < -0.3 is 15.4 Å². The minimum Gasteiger partial charge on any atom is -0.411 e. The number of benzene rings is 1. The van der Waals surface area contributed by atoms with Crippen molar-refractivity contribution in [1.29, 1.82) is 0 Å². The predicted molar refractivity (Wildman–Crippen MR) is 101 cm³/mol. The number of aryl methyl sites for hydroxylation is 1. The maximum atomic E-state index is 11.6. The number of carbonyl (C=O) groups is 1. The lowest BCUT2D eigenvalue weighted by molar-refractivity contribution is -0.110. The normalized spacial score (nSPS) is 17.2. The Morgan fingerprint density at radius 3 is 2.71 bits per heavy atom. The van der Waals surface area contributed by atoms with Gasteiger partial charge in [-0.2, -0.15) is 0 Å². The van der Waals surface area contributed by atoms with E-state index in [2.05, 4.69) is 51.2 Å². The molecule has 1 aliphatic carbocycles. The fourth-order valence-electron chi connectivity index (χ4n) is 3.44. The molecule has 2 rings (SSSR count). The summed E-state index contributed by atoms with van der Waals surface area (Å²) in [6.07, 6.45) is 6.46. The molecule has 24 heavy (non-hydrogen) atoms. The Labute approximate surface area is 152 Å². The van der Waals surface area contributed by atoms with Gasteiger partial charge in [-0.25, -0.2) is 0 Å². The minimum absolute atomic E-state index is 0.441. The number of carbonyl (C=O) groups excluding carboxylic acids is 1. The van der Waals surface area contributed by atoms with Crippen LogP contribution >= 0.6 is 15.9 Å². The molecule has 1 unspecified atom stereocenters. The Morgan fingerprint density at radius 1 is 1.38 bits per heavy atom. The highest BCUT2D eigenvalue weighted by molar-refractivity contribution is 9.10. The van der Waals surface area contributed by atoms with Crippen LogP contribution in [-0.2, 0) is 17.6 Å². The van der Waals surface area contributed by atoms with E-state index in [1.807, 2.05) is 6.07 Å². The number of hydrogen-bond acceptors (Lipinski definition) is 4. The van der Waals surface area contributed by atoms with Gasteiger partial charge in [0.2, 0.25) is 0 Å². The van der Waals surface area contributed by atoms with Crippen molar-refractivity contribution in [2.24, 2.45) is 5.16 Å². The van der Waals surface area contributed by atoms with E-state index in [-0.39, 0.29) is 0 Å². The van der Waals surface area contributed by atoms with E-state index in [4.69, 9.17) is 5.21 Å². The summed E-state index contributed by atoms with van der Waals surface area (Å²) < 4.78 is 0.860. The van der Waals surface area contributed by atoms with Crippen molar-refractivity contribution >= 4 is 33.7 Å². The van der Waals surface area contributed by atoms with Crippen molar-refractivity contribution in [3.8, 4) is 0 Å². The fourth-order valence-corrected chi connectivity index (χ4v) is 3.93. The van der Waals surface area contributed by atoms with E-state index in [0.717, 1.165) is 48.7 Å². The standard InChI is InChI=1S/C18H26BrN3O2/c1-3-7-22(8-4-2)15-6-5-13-11-17(21-18(23)12-20-24)16(19)10-14(13)9-15/h10-12,15,24H,3-9H2,1-2H3,(H,21,23)/b20-12-. The van der Waals surface area contributed by atoms with E-state index < -0.39 is 5.91 Å². The summed E-state index contributed by atoms with van der Waals surface area (Å²) in [5.74, 6) is -0.441. The van der Waals surface area contributed by atoms with E-state index in [9.17, 15) is 4.79 Å². The topological polar surface area (TPSA) is 64.9 Å². The highest BCUT2D eigenvalue weighted by Crippen LogP contribution is 2.32. The van der Waals surface area contributed by atoms with Crippen LogP contribution in [0.25, 0.3) is 0 Å². The molecular formula is C18H26BrN3O2. The summed E-state index contributed by atoms with van der Waals surface area (Å²) >= 11 is 3.54. The van der Waals surface area contributed by atoms with Gasteiger partial charge in [0.05, 0.1) is 5.69 Å². The Hall–Kier alpha value is -1.40. The third-order valence-electron chi connectivity index (χ3n) is 4.46. The van der Waals surface area contributed by atoms with E-state index >= 15 is 0 Å². The average Bonchev–Trinajstić information content (AvgIpc) is 2.55. The van der Waals surface area contributed by atoms with E-state index in [1.54, 1.807) is 0 Å². The van der Waals surface area contributed by atoms with E-state index in [1.165, 1.54) is 24.0 Å². The first kappa shape index (κ1) is 18.9. The molecule has 1 atom stereocenters. The Bertz CT molecular complexity index is 598. The highest BCUT2D eigenvalue weighted by atomic mass is 79.9. The van der Waals surface area contributed by atoms with Crippen LogP contribution in [-0.4, -0.2) is 41.4 Å². The first-order chi connectivity index (χ1) is 11.6. The van der Waals surface area contributed by atoms with Crippen molar-refractivity contribution in [2.75, 3.05) is 18.4 Å². The first-order valence-corrected chi connectivity index (χ1v) is 9.42. The lowest BCUT2D eigenvalue weighted by atomic mass is 9.87. The second-order valence-corrected chi connectivity index (χ2v) is 7.12. The summed E-state index contributed by atoms with van der Waals surface area (Å²) in [6.45, 7) is 6.79. The van der Waals surface area contributed by atoms with Gasteiger partial charge in [-0.1, -0.05) is 19.0 Å². The van der Waals surface area contributed by atoms with Gasteiger partial charge in [-0.15, -0.1) is 0 Å². The van der Waals surface area contributed by atoms with Crippen molar-refractivity contribution < 1.29 is 10.0 Å². The molecule has 5 nitrogen and oxygen atoms in total. The lowest BCUT2D eigenvalue weighted by Gasteiger charge is -2.35. The zero-order valence-corrected chi connectivity index (χ0v) is 16.0. The van der Waals surface area contributed by atoms with Crippen molar-refractivity contribution in [3.63, 3.8) is 0 Å². The molecule has 0 saturated heterocycles. The summed E-state index contributed by atoms with van der Waals surface area (Å²) in [7, 11) is 0. The number of amides is 1. The van der Waals surface area contributed by atoms with Gasteiger partial charge in [0, 0.05) is 10.5 Å². The third kappa shape index (κ3) is 4.80. The van der Waals surface area contributed by atoms with Crippen LogP contribution in [0.1, 0.15) is 44.2 Å². The Kier molecular flexibility index (Phi) is 7.24. The minimum atomic E-state index is -0.441. The number of anilines is 1. The summed E-state index contributed by atoms with van der Waals surface area (Å²) in [5.41, 5.74) is 3.36. The highest BCUT2D eigenvalue weighted by Gasteiger charge is 2.24. The van der Waals surface area contributed by atoms with Crippen LogP contribution in [0.3, 0.4) is 0 Å². The zero-order valence-electron chi connectivity index (χ0n) is 14.4. The SMILES string of the molecule is CCCN(CCC)C1CCc2cc(NC(=O)/C=N\O)c(Br)cc2C1. The Balaban J connectivity index is 2.15. The third-order valence-corrected chi connectivity index (χ3v) is 5.12. The molecule has 0 spiro atoms. The van der Waals surface area contributed by atoms with Crippen LogP contribution in [0.2, 0.25) is 0 Å². The molecule has 1 amide bonds. The maximum Gasteiger partial charge on any atom is 0.270 e.